The van der Waals surface area contributed by atoms with Crippen molar-refractivity contribution in [2.75, 3.05) is 6.61 Å². The van der Waals surface area contributed by atoms with Crippen LogP contribution in [-0.2, 0) is 14.3 Å². The summed E-state index contributed by atoms with van der Waals surface area (Å²) in [4.78, 5) is 36.3. The Morgan fingerprint density at radius 2 is 1.61 bits per heavy atom. The molecular weight excluding hydrogens is 396 g/mol. The Kier molecular flexibility index (Phi) is 6.63. The number of alkyl carbamates (subject to hydrolysis) is 1. The van der Waals surface area contributed by atoms with Crippen molar-refractivity contribution in [2.24, 2.45) is 0 Å². The highest BCUT2D eigenvalue weighted by atomic mass is 16.5. The molecule has 2 atom stereocenters. The molecule has 1 aliphatic rings. The Hall–Kier alpha value is -3.35. The fourth-order valence-corrected chi connectivity index (χ4v) is 3.99. The Bertz CT molecular complexity index is 944. The lowest BCUT2D eigenvalue weighted by molar-refractivity contribution is -0.147. The molecule has 0 aliphatic heterocycles. The summed E-state index contributed by atoms with van der Waals surface area (Å²) in [6.45, 7) is 4.92. The normalized spacial score (nSPS) is 15.2. The number of fused-ring (bicyclic) bond motifs is 3. The molecule has 1 aliphatic carbocycles. The van der Waals surface area contributed by atoms with E-state index in [0.29, 0.717) is 6.42 Å². The summed E-state index contributed by atoms with van der Waals surface area (Å²) >= 11 is 0. The van der Waals surface area contributed by atoms with Crippen molar-refractivity contribution in [3.8, 4) is 11.1 Å². The lowest BCUT2D eigenvalue weighted by atomic mass is 9.96. The molecule has 7 heteroatoms. The largest absolute Gasteiger partial charge is 0.480 e. The van der Waals surface area contributed by atoms with Gasteiger partial charge in [-0.05, 0) is 42.5 Å². The fraction of sp³-hybridized carbons (Fsp3) is 0.375. The third kappa shape index (κ3) is 4.71. The number of hydrogen-bond donors (Lipinski definition) is 3. The minimum Gasteiger partial charge on any atom is -0.480 e. The summed E-state index contributed by atoms with van der Waals surface area (Å²) in [5.41, 5.74) is 3.06. The second-order valence-electron chi connectivity index (χ2n) is 8.07. The molecule has 0 saturated heterocycles. The summed E-state index contributed by atoms with van der Waals surface area (Å²) < 4.78 is 5.44. The van der Waals surface area contributed by atoms with Gasteiger partial charge >= 0.3 is 12.1 Å². The summed E-state index contributed by atoms with van der Waals surface area (Å²) in [6.07, 6.45) is 0.153. The number of hydrogen-bond acceptors (Lipinski definition) is 4. The lowest BCUT2D eigenvalue weighted by Crippen LogP contribution is -2.57. The predicted octanol–water partition coefficient (Wildman–Crippen LogP) is 3.67. The molecule has 31 heavy (non-hydrogen) atoms. The smallest absolute Gasteiger partial charge is 0.407 e. The van der Waals surface area contributed by atoms with E-state index >= 15 is 0 Å². The van der Waals surface area contributed by atoms with E-state index in [4.69, 9.17) is 4.74 Å². The molecule has 2 unspecified atom stereocenters. The first-order valence-corrected chi connectivity index (χ1v) is 10.4. The second-order valence-corrected chi connectivity index (χ2v) is 8.07. The van der Waals surface area contributed by atoms with Crippen LogP contribution in [0.15, 0.2) is 48.5 Å². The average molecular weight is 424 g/mol. The number of benzene rings is 2. The van der Waals surface area contributed by atoms with Crippen molar-refractivity contribution in [1.82, 2.24) is 10.6 Å². The number of rotatable bonds is 8. The first-order chi connectivity index (χ1) is 14.8. The van der Waals surface area contributed by atoms with Crippen molar-refractivity contribution >= 4 is 18.0 Å². The van der Waals surface area contributed by atoms with E-state index in [0.717, 1.165) is 22.3 Å². The van der Waals surface area contributed by atoms with E-state index in [2.05, 4.69) is 22.8 Å². The maximum atomic E-state index is 12.4. The summed E-state index contributed by atoms with van der Waals surface area (Å²) in [6, 6.07) is 15.1. The molecule has 0 heterocycles. The maximum absolute atomic E-state index is 12.4. The highest BCUT2D eigenvalue weighted by Gasteiger charge is 2.35. The lowest BCUT2D eigenvalue weighted by Gasteiger charge is -2.27. The molecule has 0 radical (unpaired) electrons. The first-order valence-electron chi connectivity index (χ1n) is 10.4. The van der Waals surface area contributed by atoms with Crippen LogP contribution in [0.2, 0.25) is 0 Å². The van der Waals surface area contributed by atoms with Gasteiger partial charge in [-0.3, -0.25) is 4.79 Å². The summed E-state index contributed by atoms with van der Waals surface area (Å²) in [5, 5.41) is 14.4. The van der Waals surface area contributed by atoms with Crippen LogP contribution >= 0.6 is 0 Å². The second kappa shape index (κ2) is 9.20. The Balaban J connectivity index is 1.60. The van der Waals surface area contributed by atoms with Gasteiger partial charge in [-0.15, -0.1) is 0 Å². The monoisotopic (exact) mass is 424 g/mol. The third-order valence-corrected chi connectivity index (χ3v) is 5.69. The van der Waals surface area contributed by atoms with Crippen LogP contribution < -0.4 is 10.6 Å². The minimum absolute atomic E-state index is 0.0814. The average Bonchev–Trinajstić information content (AvgIpc) is 3.06. The quantitative estimate of drug-likeness (QED) is 0.600. The number of carbonyl (C=O) groups is 3. The van der Waals surface area contributed by atoms with Gasteiger partial charge in [0.25, 0.3) is 0 Å². The van der Waals surface area contributed by atoms with E-state index in [1.54, 1.807) is 0 Å². The van der Waals surface area contributed by atoms with Gasteiger partial charge in [0.05, 0.1) is 0 Å². The number of carbonyl (C=O) groups excluding carboxylic acids is 2. The zero-order chi connectivity index (χ0) is 22.6. The Morgan fingerprint density at radius 1 is 1.06 bits per heavy atom. The topological polar surface area (TPSA) is 105 Å². The molecule has 2 aromatic carbocycles. The van der Waals surface area contributed by atoms with Crippen LogP contribution in [0, 0.1) is 0 Å². The van der Waals surface area contributed by atoms with Gasteiger partial charge in [0.15, 0.2) is 0 Å². The molecule has 164 valence electrons. The standard InChI is InChI=1S/C24H28N2O5/c1-4-13-24(3,22(28)29)26-21(27)15(2)25-23(30)31-14-20-18-11-7-5-9-16(18)17-10-6-8-12-19(17)20/h5-12,15,20H,4,13-14H2,1-3H3,(H,25,30)(H,26,27)(H,28,29). The van der Waals surface area contributed by atoms with E-state index in [9.17, 15) is 19.5 Å². The first kappa shape index (κ1) is 22.3. The molecule has 0 spiro atoms. The molecule has 3 N–H and O–H groups in total. The number of nitrogens with one attached hydrogen (secondary N) is 2. The van der Waals surface area contributed by atoms with Gasteiger partial charge < -0.3 is 20.5 Å². The Morgan fingerprint density at radius 3 is 2.13 bits per heavy atom. The van der Waals surface area contributed by atoms with Crippen LogP contribution in [-0.4, -0.2) is 41.3 Å². The third-order valence-electron chi connectivity index (χ3n) is 5.69. The van der Waals surface area contributed by atoms with Gasteiger partial charge in [-0.25, -0.2) is 9.59 Å². The molecule has 0 aromatic heterocycles. The van der Waals surface area contributed by atoms with Crippen LogP contribution in [0.3, 0.4) is 0 Å². The van der Waals surface area contributed by atoms with Gasteiger partial charge in [0.1, 0.15) is 18.2 Å². The number of amides is 2. The number of ether oxygens (including phenoxy) is 1. The SMILES string of the molecule is CCCC(C)(NC(=O)C(C)NC(=O)OCC1c2ccccc2-c2ccccc21)C(=O)O. The van der Waals surface area contributed by atoms with Crippen molar-refractivity contribution in [3.05, 3.63) is 59.7 Å². The van der Waals surface area contributed by atoms with Crippen LogP contribution in [0.5, 0.6) is 0 Å². The van der Waals surface area contributed by atoms with Gasteiger partial charge in [0, 0.05) is 5.92 Å². The number of carboxylic acid groups (broad SMARTS) is 1. The molecule has 3 rings (SSSR count). The minimum atomic E-state index is -1.39. The predicted molar refractivity (Wildman–Crippen MR) is 117 cm³/mol. The van der Waals surface area contributed by atoms with Gasteiger partial charge in [-0.1, -0.05) is 61.9 Å². The van der Waals surface area contributed by atoms with Crippen molar-refractivity contribution in [3.63, 3.8) is 0 Å². The van der Waals surface area contributed by atoms with Crippen molar-refractivity contribution in [2.45, 2.75) is 51.1 Å². The highest BCUT2D eigenvalue weighted by molar-refractivity contribution is 5.90. The molecule has 7 nitrogen and oxygen atoms in total. The zero-order valence-corrected chi connectivity index (χ0v) is 18.0. The van der Waals surface area contributed by atoms with E-state index in [1.165, 1.54) is 13.8 Å². The van der Waals surface area contributed by atoms with E-state index in [1.807, 2.05) is 43.3 Å². The molecule has 2 amide bonds. The summed E-state index contributed by atoms with van der Waals surface area (Å²) in [5.74, 6) is -1.77. The molecule has 0 bridgehead atoms. The maximum Gasteiger partial charge on any atom is 0.407 e. The van der Waals surface area contributed by atoms with Crippen LogP contribution in [0.25, 0.3) is 11.1 Å². The number of carboxylic acids is 1. The van der Waals surface area contributed by atoms with Crippen LogP contribution in [0.1, 0.15) is 50.7 Å². The van der Waals surface area contributed by atoms with Gasteiger partial charge in [-0.2, -0.15) is 0 Å². The number of aliphatic carboxylic acids is 1. The molecular formula is C24H28N2O5. The molecule has 0 fully saturated rings. The van der Waals surface area contributed by atoms with E-state index in [-0.39, 0.29) is 18.9 Å². The molecule has 2 aromatic rings. The summed E-state index contributed by atoms with van der Waals surface area (Å²) in [7, 11) is 0. The highest BCUT2D eigenvalue weighted by Crippen LogP contribution is 2.44. The molecule has 0 saturated carbocycles. The fourth-order valence-electron chi connectivity index (χ4n) is 3.99. The van der Waals surface area contributed by atoms with Crippen LogP contribution in [0.4, 0.5) is 4.79 Å². The van der Waals surface area contributed by atoms with Crippen molar-refractivity contribution in [1.29, 1.82) is 0 Å². The van der Waals surface area contributed by atoms with E-state index < -0.39 is 29.6 Å². The Labute approximate surface area is 181 Å². The van der Waals surface area contributed by atoms with Gasteiger partial charge in [0.2, 0.25) is 5.91 Å². The van der Waals surface area contributed by atoms with Crippen molar-refractivity contribution < 1.29 is 24.2 Å². The zero-order valence-electron chi connectivity index (χ0n) is 18.0.